The molecule has 4 heteroatoms. The standard InChI is InChI=1S/C31H33N2O2/c1-3-22-20-33(19-21-8-9-23-6-4-5-7-24(23)16-21)15-13-25(22)17-30(33)31(34)27-12-14-32-29-11-10-26(35-2)18-28(27)29/h3-12,14,16,18,22,25,30-31,34H,1,13,15,17,19-20H2,2H3/q+1/t22?,25-,30?,31-,33?/m0/s1. The van der Waals surface area contributed by atoms with Gasteiger partial charge in [0, 0.05) is 35.9 Å². The fourth-order valence-corrected chi connectivity index (χ4v) is 6.82. The summed E-state index contributed by atoms with van der Waals surface area (Å²) in [5.74, 6) is 1.88. The first kappa shape index (κ1) is 22.3. The number of pyridine rings is 1. The van der Waals surface area contributed by atoms with Crippen molar-refractivity contribution in [1.82, 2.24) is 4.98 Å². The zero-order chi connectivity index (χ0) is 24.0. The van der Waals surface area contributed by atoms with Crippen LogP contribution in [0.4, 0.5) is 0 Å². The lowest BCUT2D eigenvalue weighted by Crippen LogP contribution is -2.67. The number of hydrogen-bond acceptors (Lipinski definition) is 3. The van der Waals surface area contributed by atoms with Crippen molar-refractivity contribution in [1.29, 1.82) is 0 Å². The molecule has 4 nitrogen and oxygen atoms in total. The van der Waals surface area contributed by atoms with Crippen LogP contribution in [0.5, 0.6) is 5.75 Å². The first-order valence-corrected chi connectivity index (χ1v) is 12.7. The van der Waals surface area contributed by atoms with Crippen molar-refractivity contribution in [2.45, 2.75) is 31.5 Å². The fraction of sp³-hybridized carbons (Fsp3) is 0.323. The number of rotatable bonds is 6. The molecule has 1 aromatic heterocycles. The Bertz CT molecular complexity index is 1400. The van der Waals surface area contributed by atoms with E-state index in [1.807, 2.05) is 30.5 Å². The maximum absolute atomic E-state index is 12.0. The highest BCUT2D eigenvalue weighted by Gasteiger charge is 2.54. The molecule has 0 radical (unpaired) electrons. The second kappa shape index (κ2) is 8.78. The minimum atomic E-state index is -0.568. The summed E-state index contributed by atoms with van der Waals surface area (Å²) in [5.41, 5.74) is 3.19. The summed E-state index contributed by atoms with van der Waals surface area (Å²) in [6.07, 6.45) is 5.62. The third-order valence-electron chi connectivity index (χ3n) is 8.65. The van der Waals surface area contributed by atoms with Crippen LogP contribution in [-0.4, -0.2) is 40.8 Å². The van der Waals surface area contributed by atoms with E-state index in [0.717, 1.165) is 52.8 Å². The Kier molecular flexibility index (Phi) is 5.58. The molecular weight excluding hydrogens is 432 g/mol. The van der Waals surface area contributed by atoms with Crippen molar-refractivity contribution >= 4 is 21.7 Å². The van der Waals surface area contributed by atoms with Crippen molar-refractivity contribution in [2.75, 3.05) is 20.2 Å². The van der Waals surface area contributed by atoms with Crippen LogP contribution in [0.25, 0.3) is 21.7 Å². The van der Waals surface area contributed by atoms with Crippen molar-refractivity contribution < 1.29 is 14.3 Å². The Balaban J connectivity index is 1.41. The third kappa shape index (κ3) is 3.81. The van der Waals surface area contributed by atoms with Gasteiger partial charge in [-0.15, -0.1) is 6.58 Å². The van der Waals surface area contributed by atoms with E-state index < -0.39 is 6.10 Å². The number of piperidine rings is 3. The van der Waals surface area contributed by atoms with E-state index in [4.69, 9.17) is 4.74 Å². The summed E-state index contributed by atoms with van der Waals surface area (Å²) in [6.45, 7) is 7.23. The number of nitrogens with zero attached hydrogens (tertiary/aromatic N) is 2. The molecule has 35 heavy (non-hydrogen) atoms. The number of aliphatic hydroxyl groups excluding tert-OH is 1. The van der Waals surface area contributed by atoms with E-state index in [0.29, 0.717) is 11.8 Å². The molecule has 3 aliphatic heterocycles. The first-order valence-electron chi connectivity index (χ1n) is 12.7. The van der Waals surface area contributed by atoms with Crippen LogP contribution in [0.15, 0.2) is 85.6 Å². The van der Waals surface area contributed by atoms with Crippen molar-refractivity contribution in [3.63, 3.8) is 0 Å². The molecular formula is C31H33N2O2+. The van der Waals surface area contributed by atoms with E-state index in [2.05, 4.69) is 60.1 Å². The number of quaternary nitrogens is 1. The van der Waals surface area contributed by atoms with Gasteiger partial charge in [0.05, 0.1) is 25.7 Å². The number of benzene rings is 3. The molecule has 2 bridgehead atoms. The van der Waals surface area contributed by atoms with Gasteiger partial charge in [0.15, 0.2) is 0 Å². The van der Waals surface area contributed by atoms with Crippen molar-refractivity contribution in [3.8, 4) is 5.75 Å². The van der Waals surface area contributed by atoms with Crippen LogP contribution < -0.4 is 4.74 Å². The molecule has 0 spiro atoms. The van der Waals surface area contributed by atoms with Gasteiger partial charge in [0.25, 0.3) is 0 Å². The van der Waals surface area contributed by atoms with E-state index in [1.165, 1.54) is 22.8 Å². The number of methoxy groups -OCH3 is 1. The Hall–Kier alpha value is -3.21. The summed E-state index contributed by atoms with van der Waals surface area (Å²) >= 11 is 0. The normalized spacial score (nSPS) is 26.6. The zero-order valence-corrected chi connectivity index (χ0v) is 20.3. The van der Waals surface area contributed by atoms with Crippen LogP contribution >= 0.6 is 0 Å². The molecule has 178 valence electrons. The minimum Gasteiger partial charge on any atom is -0.497 e. The average Bonchev–Trinajstić information content (AvgIpc) is 2.91. The molecule has 0 amide bonds. The maximum Gasteiger partial charge on any atom is 0.131 e. The first-order chi connectivity index (χ1) is 17.1. The van der Waals surface area contributed by atoms with E-state index in [9.17, 15) is 5.11 Å². The van der Waals surface area contributed by atoms with Gasteiger partial charge >= 0.3 is 0 Å². The molecule has 3 unspecified atom stereocenters. The summed E-state index contributed by atoms with van der Waals surface area (Å²) in [7, 11) is 1.68. The van der Waals surface area contributed by atoms with Gasteiger partial charge in [-0.3, -0.25) is 4.98 Å². The highest BCUT2D eigenvalue weighted by atomic mass is 16.5. The van der Waals surface area contributed by atoms with Gasteiger partial charge in [-0.1, -0.05) is 42.5 Å². The summed E-state index contributed by atoms with van der Waals surface area (Å²) in [4.78, 5) is 4.55. The largest absolute Gasteiger partial charge is 0.497 e. The van der Waals surface area contributed by atoms with Crippen molar-refractivity contribution in [2.24, 2.45) is 11.8 Å². The molecule has 3 aromatic carbocycles. The minimum absolute atomic E-state index is 0.133. The number of hydrogen-bond donors (Lipinski definition) is 1. The van der Waals surface area contributed by atoms with Gasteiger partial charge in [-0.2, -0.15) is 0 Å². The van der Waals surface area contributed by atoms with Gasteiger partial charge < -0.3 is 14.3 Å². The summed E-state index contributed by atoms with van der Waals surface area (Å²) in [6, 6.07) is 23.4. The monoisotopic (exact) mass is 465 g/mol. The summed E-state index contributed by atoms with van der Waals surface area (Å²) < 4.78 is 6.39. The zero-order valence-electron chi connectivity index (χ0n) is 20.3. The molecule has 4 aromatic rings. The lowest BCUT2D eigenvalue weighted by molar-refractivity contribution is -0.984. The van der Waals surface area contributed by atoms with Crippen LogP contribution in [0, 0.1) is 11.8 Å². The topological polar surface area (TPSA) is 42.4 Å². The van der Waals surface area contributed by atoms with Crippen molar-refractivity contribution in [3.05, 3.63) is 96.7 Å². The predicted molar refractivity (Wildman–Crippen MR) is 141 cm³/mol. The lowest BCUT2D eigenvalue weighted by Gasteiger charge is -2.58. The third-order valence-corrected chi connectivity index (χ3v) is 8.65. The predicted octanol–water partition coefficient (Wildman–Crippen LogP) is 6.04. The second-order valence-electron chi connectivity index (χ2n) is 10.4. The van der Waals surface area contributed by atoms with Gasteiger partial charge in [0.1, 0.15) is 24.4 Å². The number of aromatic nitrogens is 1. The Morgan fingerprint density at radius 1 is 1.11 bits per heavy atom. The van der Waals surface area contributed by atoms with Crippen LogP contribution in [-0.2, 0) is 6.54 Å². The van der Waals surface area contributed by atoms with E-state index in [1.54, 1.807) is 7.11 Å². The number of aliphatic hydroxyl groups is 1. The van der Waals surface area contributed by atoms with Gasteiger partial charge in [-0.05, 0) is 52.6 Å². The van der Waals surface area contributed by atoms with Crippen LogP contribution in [0.3, 0.4) is 0 Å². The molecule has 5 atom stereocenters. The lowest BCUT2D eigenvalue weighted by atomic mass is 9.71. The highest BCUT2D eigenvalue weighted by Crippen LogP contribution is 2.48. The highest BCUT2D eigenvalue weighted by molar-refractivity contribution is 5.84. The van der Waals surface area contributed by atoms with E-state index in [-0.39, 0.29) is 6.04 Å². The Morgan fingerprint density at radius 3 is 2.80 bits per heavy atom. The molecule has 3 fully saturated rings. The Morgan fingerprint density at radius 2 is 1.97 bits per heavy atom. The van der Waals surface area contributed by atoms with E-state index >= 15 is 0 Å². The van der Waals surface area contributed by atoms with Gasteiger partial charge in [0.2, 0.25) is 0 Å². The molecule has 3 aliphatic rings. The summed E-state index contributed by atoms with van der Waals surface area (Å²) in [5, 5.41) is 15.5. The quantitative estimate of drug-likeness (QED) is 0.279. The SMILES string of the molecule is C=CC1C[N+]2(Cc3ccc4ccccc4c3)CC[C@H]1CC2[C@@H](O)c1ccnc2ccc(OC)cc12. The Labute approximate surface area is 207 Å². The number of fused-ring (bicyclic) bond motifs is 5. The van der Waals surface area contributed by atoms with Crippen LogP contribution in [0.2, 0.25) is 0 Å². The number of ether oxygens (including phenoxy) is 1. The fourth-order valence-electron chi connectivity index (χ4n) is 6.82. The molecule has 0 saturated carbocycles. The maximum atomic E-state index is 12.0. The smallest absolute Gasteiger partial charge is 0.131 e. The molecule has 1 N–H and O–H groups in total. The molecule has 4 heterocycles. The second-order valence-corrected chi connectivity index (χ2v) is 10.4. The van der Waals surface area contributed by atoms with Gasteiger partial charge in [-0.25, -0.2) is 0 Å². The molecule has 3 saturated heterocycles. The van der Waals surface area contributed by atoms with Crippen LogP contribution in [0.1, 0.15) is 30.1 Å². The molecule has 7 rings (SSSR count). The molecule has 0 aliphatic carbocycles. The average molecular weight is 466 g/mol.